The first kappa shape index (κ1) is 18.0. The summed E-state index contributed by atoms with van der Waals surface area (Å²) < 4.78 is -0.0497. The van der Waals surface area contributed by atoms with E-state index in [0.717, 1.165) is 39.9 Å². The Morgan fingerprint density at radius 1 is 0.926 bits per heavy atom. The lowest BCUT2D eigenvalue weighted by Crippen LogP contribution is -2.14. The molecule has 0 aliphatic carbocycles. The Morgan fingerprint density at radius 2 is 1.67 bits per heavy atom. The predicted octanol–water partition coefficient (Wildman–Crippen LogP) is 6.13. The summed E-state index contributed by atoms with van der Waals surface area (Å²) in [5.74, 6) is 0. The summed E-state index contributed by atoms with van der Waals surface area (Å²) in [6.07, 6.45) is 10.8. The Bertz CT molecular complexity index is 1020. The molecule has 3 heterocycles. The number of aromatic nitrogens is 2. The summed E-state index contributed by atoms with van der Waals surface area (Å²) in [6.45, 7) is 4.15. The van der Waals surface area contributed by atoms with Crippen LogP contribution >= 0.6 is 22.6 Å². The van der Waals surface area contributed by atoms with Crippen molar-refractivity contribution in [3.05, 3.63) is 78.4 Å². The Hall–Kier alpha value is -2.34. The SMILES string of the molecule is Cc1ccc(-c2cc(C3=CC[C@](C)(I)N=C3)cc(-c3cccnc3)c2)cn1. The molecule has 1 aliphatic rings. The van der Waals surface area contributed by atoms with E-state index in [1.807, 2.05) is 31.6 Å². The van der Waals surface area contributed by atoms with E-state index in [-0.39, 0.29) is 3.55 Å². The molecule has 0 bridgehead atoms. The summed E-state index contributed by atoms with van der Waals surface area (Å²) in [6, 6.07) is 14.9. The first-order valence-corrected chi connectivity index (χ1v) is 10.0. The lowest BCUT2D eigenvalue weighted by Gasteiger charge is -2.21. The topological polar surface area (TPSA) is 38.1 Å². The van der Waals surface area contributed by atoms with E-state index in [9.17, 15) is 0 Å². The Kier molecular flexibility index (Phi) is 4.91. The van der Waals surface area contributed by atoms with Crippen LogP contribution in [-0.4, -0.2) is 19.7 Å². The van der Waals surface area contributed by atoms with Gasteiger partial charge in [0.25, 0.3) is 0 Å². The molecule has 0 saturated carbocycles. The van der Waals surface area contributed by atoms with E-state index in [4.69, 9.17) is 4.99 Å². The smallest absolute Gasteiger partial charge is 0.112 e. The molecule has 0 N–H and O–H groups in total. The molecule has 4 heteroatoms. The number of benzene rings is 1. The fourth-order valence-electron chi connectivity index (χ4n) is 3.10. The number of rotatable bonds is 3. The highest BCUT2D eigenvalue weighted by Crippen LogP contribution is 2.34. The molecule has 1 aliphatic heterocycles. The van der Waals surface area contributed by atoms with Gasteiger partial charge in [0.1, 0.15) is 3.55 Å². The predicted molar refractivity (Wildman–Crippen MR) is 121 cm³/mol. The van der Waals surface area contributed by atoms with Crippen LogP contribution in [0, 0.1) is 6.92 Å². The third-order valence-electron chi connectivity index (χ3n) is 4.67. The van der Waals surface area contributed by atoms with E-state index >= 15 is 0 Å². The van der Waals surface area contributed by atoms with Crippen LogP contribution < -0.4 is 0 Å². The first-order chi connectivity index (χ1) is 13.0. The van der Waals surface area contributed by atoms with E-state index in [1.165, 1.54) is 5.56 Å². The molecule has 3 aromatic rings. The van der Waals surface area contributed by atoms with Gasteiger partial charge in [-0.15, -0.1) is 0 Å². The first-order valence-electron chi connectivity index (χ1n) is 8.93. The zero-order valence-electron chi connectivity index (χ0n) is 15.4. The third kappa shape index (κ3) is 4.16. The highest BCUT2D eigenvalue weighted by Gasteiger charge is 2.20. The lowest BCUT2D eigenvalue weighted by atomic mass is 9.93. The van der Waals surface area contributed by atoms with Crippen LogP contribution in [-0.2, 0) is 0 Å². The number of dihydropyridines is 1. The van der Waals surface area contributed by atoms with Gasteiger partial charge < -0.3 is 0 Å². The third-order valence-corrected chi connectivity index (χ3v) is 5.39. The number of pyridine rings is 2. The van der Waals surface area contributed by atoms with E-state index in [1.54, 1.807) is 6.20 Å². The van der Waals surface area contributed by atoms with Crippen molar-refractivity contribution in [2.75, 3.05) is 0 Å². The van der Waals surface area contributed by atoms with Gasteiger partial charge in [-0.25, -0.2) is 0 Å². The summed E-state index contributed by atoms with van der Waals surface area (Å²) in [4.78, 5) is 13.5. The standard InChI is InChI=1S/C23H20IN3/c1-16-5-6-18(14-26-16)21-10-20(17-4-3-9-25-13-17)11-22(12-21)19-7-8-23(2,24)27-15-19/h3-7,9-15H,8H2,1-2H3/t23-/m1/s1. The van der Waals surface area contributed by atoms with Crippen LogP contribution in [0.1, 0.15) is 24.6 Å². The van der Waals surface area contributed by atoms with Gasteiger partial charge in [0.2, 0.25) is 0 Å². The molecular formula is C23H20IN3. The van der Waals surface area contributed by atoms with Crippen molar-refractivity contribution in [2.24, 2.45) is 4.99 Å². The van der Waals surface area contributed by atoms with Crippen LogP contribution in [0.2, 0.25) is 0 Å². The quantitative estimate of drug-likeness (QED) is 0.265. The van der Waals surface area contributed by atoms with Crippen molar-refractivity contribution < 1.29 is 0 Å². The van der Waals surface area contributed by atoms with Gasteiger partial charge in [0.05, 0.1) is 0 Å². The average molecular weight is 465 g/mol. The van der Waals surface area contributed by atoms with Crippen LogP contribution in [0.5, 0.6) is 0 Å². The van der Waals surface area contributed by atoms with Crippen molar-refractivity contribution >= 4 is 34.4 Å². The van der Waals surface area contributed by atoms with Crippen molar-refractivity contribution in [1.29, 1.82) is 0 Å². The van der Waals surface area contributed by atoms with Crippen molar-refractivity contribution in [3.8, 4) is 22.3 Å². The van der Waals surface area contributed by atoms with E-state index in [2.05, 4.69) is 82.0 Å². The summed E-state index contributed by atoms with van der Waals surface area (Å²) >= 11 is 2.40. The Morgan fingerprint density at radius 3 is 2.26 bits per heavy atom. The van der Waals surface area contributed by atoms with Crippen molar-refractivity contribution in [1.82, 2.24) is 9.97 Å². The fourth-order valence-corrected chi connectivity index (χ4v) is 3.46. The minimum atomic E-state index is -0.0497. The van der Waals surface area contributed by atoms with Crippen LogP contribution in [0.4, 0.5) is 0 Å². The summed E-state index contributed by atoms with van der Waals surface area (Å²) in [5, 5.41) is 0. The van der Waals surface area contributed by atoms with Gasteiger partial charge in [-0.3, -0.25) is 15.0 Å². The maximum atomic E-state index is 4.70. The van der Waals surface area contributed by atoms with Gasteiger partial charge >= 0.3 is 0 Å². The van der Waals surface area contributed by atoms with Gasteiger partial charge in [-0.2, -0.15) is 0 Å². The number of halogens is 1. The Labute approximate surface area is 173 Å². The van der Waals surface area contributed by atoms with Crippen molar-refractivity contribution in [2.45, 2.75) is 23.8 Å². The average Bonchev–Trinajstić information content (AvgIpc) is 2.69. The number of hydrogen-bond acceptors (Lipinski definition) is 3. The maximum Gasteiger partial charge on any atom is 0.112 e. The summed E-state index contributed by atoms with van der Waals surface area (Å²) in [7, 11) is 0. The lowest BCUT2D eigenvalue weighted by molar-refractivity contribution is 0.728. The number of hydrogen-bond donors (Lipinski definition) is 0. The van der Waals surface area contributed by atoms with Gasteiger partial charge in [-0.1, -0.05) is 40.8 Å². The highest BCUT2D eigenvalue weighted by molar-refractivity contribution is 14.1. The molecule has 0 amide bonds. The Balaban J connectivity index is 1.84. The molecular weight excluding hydrogens is 445 g/mol. The van der Waals surface area contributed by atoms with Crippen LogP contribution in [0.3, 0.4) is 0 Å². The van der Waals surface area contributed by atoms with Gasteiger partial charge in [0, 0.05) is 48.0 Å². The van der Waals surface area contributed by atoms with Crippen LogP contribution in [0.15, 0.2) is 72.1 Å². The van der Waals surface area contributed by atoms with Crippen molar-refractivity contribution in [3.63, 3.8) is 0 Å². The second-order valence-corrected chi connectivity index (χ2v) is 9.32. The monoisotopic (exact) mass is 465 g/mol. The molecule has 0 saturated heterocycles. The highest BCUT2D eigenvalue weighted by atomic mass is 127. The molecule has 0 unspecified atom stereocenters. The molecule has 2 aromatic heterocycles. The number of aliphatic imine (C=N–C) groups is 1. The fraction of sp³-hybridized carbons (Fsp3) is 0.174. The van der Waals surface area contributed by atoms with Gasteiger partial charge in [-0.05, 0) is 66.4 Å². The molecule has 0 fully saturated rings. The zero-order chi connectivity index (χ0) is 18.9. The van der Waals surface area contributed by atoms with Gasteiger partial charge in [0.15, 0.2) is 0 Å². The van der Waals surface area contributed by atoms with E-state index in [0.29, 0.717) is 0 Å². The largest absolute Gasteiger partial charge is 0.275 e. The second kappa shape index (κ2) is 7.35. The second-order valence-electron chi connectivity index (χ2n) is 6.99. The van der Waals surface area contributed by atoms with E-state index < -0.39 is 0 Å². The molecule has 4 rings (SSSR count). The number of aryl methyl sites for hydroxylation is 1. The molecule has 0 radical (unpaired) electrons. The maximum absolute atomic E-state index is 4.70. The molecule has 3 nitrogen and oxygen atoms in total. The molecule has 1 aromatic carbocycles. The number of nitrogens with zero attached hydrogens (tertiary/aromatic N) is 3. The minimum absolute atomic E-state index is 0.0497. The molecule has 0 spiro atoms. The summed E-state index contributed by atoms with van der Waals surface area (Å²) in [5.41, 5.74) is 7.86. The van der Waals surface area contributed by atoms with Crippen LogP contribution in [0.25, 0.3) is 27.8 Å². The molecule has 27 heavy (non-hydrogen) atoms. The molecule has 134 valence electrons. The normalized spacial score (nSPS) is 19.0. The number of alkyl halides is 1. The number of allylic oxidation sites excluding steroid dienone is 1. The zero-order valence-corrected chi connectivity index (χ0v) is 17.5. The minimum Gasteiger partial charge on any atom is -0.275 e. The molecule has 1 atom stereocenters.